The van der Waals surface area contributed by atoms with Crippen LogP contribution in [0.2, 0.25) is 0 Å². The third kappa shape index (κ3) is 27.0. The van der Waals surface area contributed by atoms with Crippen LogP contribution in [0.4, 0.5) is 0 Å². The molecule has 2 N–H and O–H groups in total. The van der Waals surface area contributed by atoms with E-state index in [1.165, 1.54) is 41.5 Å². The summed E-state index contributed by atoms with van der Waals surface area (Å²) in [5, 5.41) is 5.46. The Labute approximate surface area is 298 Å². The largest absolute Gasteiger partial charge is 0.374 e. The van der Waals surface area contributed by atoms with Crippen molar-refractivity contribution in [2.24, 2.45) is 0 Å². The first-order valence-corrected chi connectivity index (χ1v) is 16.2. The molecule has 0 aromatic heterocycles. The molecule has 18 nitrogen and oxygen atoms in total. The van der Waals surface area contributed by atoms with E-state index in [2.05, 4.69) is 10.6 Å². The Kier molecular flexibility index (Phi) is 25.5. The maximum atomic E-state index is 12.9. The molecule has 0 aliphatic carbocycles. The van der Waals surface area contributed by atoms with Gasteiger partial charge in [0.05, 0.1) is 51.8 Å². The summed E-state index contributed by atoms with van der Waals surface area (Å²) in [6.07, 6.45) is 0.112. The minimum absolute atomic E-state index is 0.0271. The van der Waals surface area contributed by atoms with E-state index in [0.29, 0.717) is 0 Å². The first kappa shape index (κ1) is 47.6. The minimum atomic E-state index is -1.37. The molecule has 292 valence electrons. The second kappa shape index (κ2) is 27.3. The van der Waals surface area contributed by atoms with Crippen molar-refractivity contribution in [3.63, 3.8) is 0 Å². The van der Waals surface area contributed by atoms with Gasteiger partial charge in [-0.1, -0.05) is 0 Å². The van der Waals surface area contributed by atoms with E-state index in [0.717, 1.165) is 0 Å². The van der Waals surface area contributed by atoms with Crippen molar-refractivity contribution in [3.05, 3.63) is 0 Å². The standard InChI is InChI=1S/C33H54N2O16/c1-24(36)11-44-8-7-32(19-47-12-25(2)37,20-48-13-26(3)38)34-30(42)17-45-9-10-46-18-31(43)35-33(21-49-14-27(4)39,22-50-15-28(5)40)23-51-16-29(6)41/h7-23H2,1-6H3,(H,34,42)(H,35,43). The molecule has 0 rings (SSSR count). The molecule has 0 bridgehead atoms. The van der Waals surface area contributed by atoms with E-state index in [1.54, 1.807) is 0 Å². The summed E-state index contributed by atoms with van der Waals surface area (Å²) in [5.74, 6) is -2.74. The van der Waals surface area contributed by atoms with Crippen LogP contribution in [0.25, 0.3) is 0 Å². The van der Waals surface area contributed by atoms with Gasteiger partial charge in [0, 0.05) is 6.61 Å². The number of hydrogen-bond acceptors (Lipinski definition) is 16. The summed E-state index contributed by atoms with van der Waals surface area (Å²) in [5.41, 5.74) is -2.61. The highest BCUT2D eigenvalue weighted by atomic mass is 16.5. The lowest BCUT2D eigenvalue weighted by atomic mass is 9.97. The third-order valence-corrected chi connectivity index (χ3v) is 6.10. The van der Waals surface area contributed by atoms with E-state index in [4.69, 9.17) is 37.9 Å². The van der Waals surface area contributed by atoms with Gasteiger partial charge in [-0.2, -0.15) is 0 Å². The predicted molar refractivity (Wildman–Crippen MR) is 177 cm³/mol. The van der Waals surface area contributed by atoms with Gasteiger partial charge in [0.1, 0.15) is 58.4 Å². The Morgan fingerprint density at radius 3 is 0.922 bits per heavy atom. The topological polar surface area (TPSA) is 234 Å². The lowest BCUT2D eigenvalue weighted by Crippen LogP contribution is -2.59. The number of nitrogens with one attached hydrogen (secondary N) is 2. The summed E-state index contributed by atoms with van der Waals surface area (Å²) in [7, 11) is 0. The molecule has 0 atom stereocenters. The van der Waals surface area contributed by atoms with Gasteiger partial charge >= 0.3 is 0 Å². The van der Waals surface area contributed by atoms with Crippen molar-refractivity contribution in [2.75, 3.05) is 106 Å². The van der Waals surface area contributed by atoms with Gasteiger partial charge in [-0.3, -0.25) is 38.4 Å². The van der Waals surface area contributed by atoms with Gasteiger partial charge in [0.2, 0.25) is 11.8 Å². The maximum absolute atomic E-state index is 12.9. The summed E-state index contributed by atoms with van der Waals surface area (Å²) >= 11 is 0. The fourth-order valence-electron chi connectivity index (χ4n) is 4.10. The van der Waals surface area contributed by atoms with Crippen molar-refractivity contribution in [3.8, 4) is 0 Å². The number of ketones is 6. The van der Waals surface area contributed by atoms with E-state index in [-0.39, 0.29) is 134 Å². The molecule has 0 heterocycles. The monoisotopic (exact) mass is 734 g/mol. The van der Waals surface area contributed by atoms with Crippen LogP contribution in [-0.4, -0.2) is 163 Å². The zero-order chi connectivity index (χ0) is 38.7. The van der Waals surface area contributed by atoms with Crippen LogP contribution in [0.5, 0.6) is 0 Å². The molecule has 0 saturated heterocycles. The average molecular weight is 735 g/mol. The molecule has 0 saturated carbocycles. The molecule has 0 fully saturated rings. The predicted octanol–water partition coefficient (Wildman–Crippen LogP) is -1.25. The normalized spacial score (nSPS) is 11.6. The highest BCUT2D eigenvalue weighted by Gasteiger charge is 2.35. The summed E-state index contributed by atoms with van der Waals surface area (Å²) < 4.78 is 43.4. The van der Waals surface area contributed by atoms with Crippen molar-refractivity contribution >= 4 is 46.5 Å². The quantitative estimate of drug-likeness (QED) is 0.0735. The average Bonchev–Trinajstić information content (AvgIpc) is 3.00. The summed E-state index contributed by atoms with van der Waals surface area (Å²) in [6, 6.07) is 0. The van der Waals surface area contributed by atoms with Crippen LogP contribution in [-0.2, 0) is 76.3 Å². The highest BCUT2D eigenvalue weighted by molar-refractivity contribution is 5.80. The van der Waals surface area contributed by atoms with Crippen LogP contribution in [0, 0.1) is 0 Å². The Morgan fingerprint density at radius 2 is 0.608 bits per heavy atom. The molecule has 2 amide bonds. The van der Waals surface area contributed by atoms with Crippen molar-refractivity contribution in [2.45, 2.75) is 59.0 Å². The maximum Gasteiger partial charge on any atom is 0.246 e. The molecule has 0 radical (unpaired) electrons. The molecule has 0 aliphatic rings. The summed E-state index contributed by atoms with van der Waals surface area (Å²) in [6.45, 7) is 4.44. The molecular weight excluding hydrogens is 680 g/mol. The van der Waals surface area contributed by atoms with E-state index in [1.807, 2.05) is 0 Å². The molecule has 0 aliphatic heterocycles. The lowest BCUT2D eigenvalue weighted by Gasteiger charge is -2.34. The fraction of sp³-hybridized carbons (Fsp3) is 0.758. The van der Waals surface area contributed by atoms with Gasteiger partial charge < -0.3 is 48.5 Å². The number of rotatable bonds is 34. The number of hydrogen-bond donors (Lipinski definition) is 2. The van der Waals surface area contributed by atoms with Crippen LogP contribution >= 0.6 is 0 Å². The van der Waals surface area contributed by atoms with E-state index < -0.39 is 36.1 Å². The number of carbonyl (C=O) groups excluding carboxylic acids is 8. The van der Waals surface area contributed by atoms with Gasteiger partial charge in [-0.05, 0) is 48.0 Å². The first-order valence-electron chi connectivity index (χ1n) is 16.2. The lowest BCUT2D eigenvalue weighted by molar-refractivity contribution is -0.137. The Hall–Kier alpha value is -3.36. The van der Waals surface area contributed by atoms with Crippen molar-refractivity contribution < 1.29 is 76.3 Å². The van der Waals surface area contributed by atoms with Crippen molar-refractivity contribution in [1.29, 1.82) is 0 Å². The highest BCUT2D eigenvalue weighted by Crippen LogP contribution is 2.14. The van der Waals surface area contributed by atoms with E-state index >= 15 is 0 Å². The van der Waals surface area contributed by atoms with Crippen LogP contribution < -0.4 is 10.6 Å². The number of Topliss-reactive ketones (excluding diaryl/α,β-unsaturated/α-hetero) is 6. The second-order valence-electron chi connectivity index (χ2n) is 12.2. The molecule has 0 aromatic rings. The SMILES string of the molecule is CC(=O)COCCC(COCC(C)=O)(COCC(C)=O)NC(=O)COCCOCC(=O)NC(COCC(C)=O)(COCC(C)=O)COCC(C)=O. The van der Waals surface area contributed by atoms with E-state index in [9.17, 15) is 38.4 Å². The zero-order valence-corrected chi connectivity index (χ0v) is 30.6. The third-order valence-electron chi connectivity index (χ3n) is 6.10. The fourth-order valence-corrected chi connectivity index (χ4v) is 4.10. The Balaban J connectivity index is 5.28. The van der Waals surface area contributed by atoms with Crippen molar-refractivity contribution in [1.82, 2.24) is 10.6 Å². The van der Waals surface area contributed by atoms with Gasteiger partial charge in [0.15, 0.2) is 34.7 Å². The Bertz CT molecular complexity index is 1070. The molecule has 0 unspecified atom stereocenters. The number of ether oxygens (including phenoxy) is 8. The number of carbonyl (C=O) groups is 8. The Morgan fingerprint density at radius 1 is 0.353 bits per heavy atom. The van der Waals surface area contributed by atoms with Crippen LogP contribution in [0.3, 0.4) is 0 Å². The smallest absolute Gasteiger partial charge is 0.246 e. The minimum Gasteiger partial charge on any atom is -0.374 e. The zero-order valence-electron chi connectivity index (χ0n) is 30.6. The molecule has 18 heteroatoms. The molecule has 0 spiro atoms. The van der Waals surface area contributed by atoms with Crippen LogP contribution in [0.15, 0.2) is 0 Å². The first-order chi connectivity index (χ1) is 24.0. The molecular formula is C33H54N2O16. The van der Waals surface area contributed by atoms with Gasteiger partial charge in [-0.15, -0.1) is 0 Å². The molecule has 51 heavy (non-hydrogen) atoms. The van der Waals surface area contributed by atoms with Gasteiger partial charge in [-0.25, -0.2) is 0 Å². The van der Waals surface area contributed by atoms with Crippen LogP contribution in [0.1, 0.15) is 48.0 Å². The number of amides is 2. The molecule has 0 aromatic carbocycles. The van der Waals surface area contributed by atoms with Gasteiger partial charge in [0.25, 0.3) is 0 Å². The second-order valence-corrected chi connectivity index (χ2v) is 12.2. The summed E-state index contributed by atoms with van der Waals surface area (Å²) in [4.78, 5) is 94.2.